The van der Waals surface area contributed by atoms with Gasteiger partial charge in [0.2, 0.25) is 0 Å². The predicted octanol–water partition coefficient (Wildman–Crippen LogP) is 6.88. The number of hydrogen-bond donors (Lipinski definition) is 0. The molecule has 1 saturated heterocycles. The van der Waals surface area contributed by atoms with Crippen molar-refractivity contribution < 1.29 is 4.79 Å². The lowest BCUT2D eigenvalue weighted by atomic mass is 9.78. The van der Waals surface area contributed by atoms with Crippen LogP contribution in [-0.4, -0.2) is 24.0 Å². The van der Waals surface area contributed by atoms with Crippen molar-refractivity contribution in [1.29, 1.82) is 0 Å². The summed E-state index contributed by atoms with van der Waals surface area (Å²) in [6.45, 7) is 11.6. The van der Waals surface area contributed by atoms with E-state index in [0.717, 1.165) is 29.7 Å². The van der Waals surface area contributed by atoms with E-state index in [-0.39, 0.29) is 11.4 Å². The summed E-state index contributed by atoms with van der Waals surface area (Å²) in [7, 11) is 0. The number of rotatable bonds is 7. The molecule has 2 amide bonds. The second-order valence-electron chi connectivity index (χ2n) is 7.78. The highest BCUT2D eigenvalue weighted by Gasteiger charge is 2.42. The lowest BCUT2D eigenvalue weighted by Crippen LogP contribution is -2.58. The molecule has 0 unspecified atom stereocenters. The molecular formula is C24H26Cl2N2O. The van der Waals surface area contributed by atoms with E-state index in [9.17, 15) is 4.79 Å². The van der Waals surface area contributed by atoms with Gasteiger partial charge in [0.15, 0.2) is 0 Å². The third kappa shape index (κ3) is 4.85. The fraction of sp³-hybridized carbons (Fsp3) is 0.292. The van der Waals surface area contributed by atoms with Gasteiger partial charge in [-0.15, -0.1) is 13.2 Å². The molecule has 0 bridgehead atoms. The first kappa shape index (κ1) is 21.5. The molecule has 152 valence electrons. The minimum atomic E-state index is -0.152. The summed E-state index contributed by atoms with van der Waals surface area (Å²) in [6, 6.07) is 13.4. The van der Waals surface area contributed by atoms with Crippen LogP contribution in [0.25, 0.3) is 0 Å². The van der Waals surface area contributed by atoms with E-state index < -0.39 is 0 Å². The van der Waals surface area contributed by atoms with E-state index in [0.29, 0.717) is 29.7 Å². The number of benzene rings is 2. The van der Waals surface area contributed by atoms with E-state index in [4.69, 9.17) is 23.2 Å². The van der Waals surface area contributed by atoms with Gasteiger partial charge in [-0.1, -0.05) is 59.1 Å². The highest BCUT2D eigenvalue weighted by atomic mass is 35.5. The van der Waals surface area contributed by atoms with Crippen LogP contribution in [0.1, 0.15) is 24.0 Å². The van der Waals surface area contributed by atoms with Crippen LogP contribution in [-0.2, 0) is 6.54 Å². The van der Waals surface area contributed by atoms with Crippen LogP contribution in [0.15, 0.2) is 67.8 Å². The molecule has 1 aliphatic rings. The summed E-state index contributed by atoms with van der Waals surface area (Å²) < 4.78 is 0. The molecule has 29 heavy (non-hydrogen) atoms. The standard InChI is InChI=1S/C24H26Cl2N2O/c1-4-12-24(13-5-2)16-27(15-19-8-9-20(25)14-22(19)26)23(29)28(17-24)21-10-6-18(3)7-11-21/h4-11,14H,1-2,12-13,15-17H2,3H3. The van der Waals surface area contributed by atoms with Crippen LogP contribution in [0.5, 0.6) is 0 Å². The second kappa shape index (κ2) is 9.06. The number of urea groups is 1. The number of carbonyl (C=O) groups excluding carboxylic acids is 1. The zero-order valence-electron chi connectivity index (χ0n) is 16.7. The summed E-state index contributed by atoms with van der Waals surface area (Å²) in [4.78, 5) is 17.1. The SMILES string of the molecule is C=CCC1(CC=C)CN(Cc2ccc(Cl)cc2Cl)C(=O)N(c2ccc(C)cc2)C1. The number of carbonyl (C=O) groups is 1. The van der Waals surface area contributed by atoms with Crippen LogP contribution in [0.3, 0.4) is 0 Å². The molecule has 0 aromatic heterocycles. The van der Waals surface area contributed by atoms with E-state index >= 15 is 0 Å². The minimum absolute atomic E-state index is 0.0244. The predicted molar refractivity (Wildman–Crippen MR) is 123 cm³/mol. The molecule has 0 N–H and O–H groups in total. The van der Waals surface area contributed by atoms with E-state index in [1.807, 2.05) is 59.2 Å². The maximum Gasteiger partial charge on any atom is 0.324 e. The first-order valence-corrected chi connectivity index (χ1v) is 10.4. The Kier molecular flexibility index (Phi) is 6.71. The van der Waals surface area contributed by atoms with Crippen LogP contribution < -0.4 is 4.90 Å². The van der Waals surface area contributed by atoms with Gasteiger partial charge < -0.3 is 4.90 Å². The van der Waals surface area contributed by atoms with E-state index in [1.54, 1.807) is 12.1 Å². The Balaban J connectivity index is 1.98. The van der Waals surface area contributed by atoms with Crippen molar-refractivity contribution in [2.75, 3.05) is 18.0 Å². The molecule has 0 radical (unpaired) electrons. The molecule has 0 spiro atoms. The van der Waals surface area contributed by atoms with Crippen molar-refractivity contribution in [1.82, 2.24) is 4.90 Å². The lowest BCUT2D eigenvalue weighted by Gasteiger charge is -2.47. The van der Waals surface area contributed by atoms with Crippen molar-refractivity contribution in [2.24, 2.45) is 5.41 Å². The molecule has 0 saturated carbocycles. The third-order valence-electron chi connectivity index (χ3n) is 5.40. The largest absolute Gasteiger partial charge is 0.324 e. The summed E-state index contributed by atoms with van der Waals surface area (Å²) in [5, 5.41) is 1.15. The average Bonchev–Trinajstić information content (AvgIpc) is 2.68. The Labute approximate surface area is 183 Å². The van der Waals surface area contributed by atoms with Gasteiger partial charge in [-0.05, 0) is 49.6 Å². The van der Waals surface area contributed by atoms with Gasteiger partial charge in [0.25, 0.3) is 0 Å². The fourth-order valence-corrected chi connectivity index (χ4v) is 4.42. The van der Waals surface area contributed by atoms with Gasteiger partial charge in [-0.3, -0.25) is 4.90 Å². The molecule has 1 heterocycles. The molecule has 0 aliphatic carbocycles. The van der Waals surface area contributed by atoms with Gasteiger partial charge in [-0.25, -0.2) is 4.79 Å². The highest BCUT2D eigenvalue weighted by Crippen LogP contribution is 2.37. The summed E-state index contributed by atoms with van der Waals surface area (Å²) in [5.74, 6) is 0. The Hall–Kier alpha value is -2.23. The normalized spacial score (nSPS) is 16.0. The molecule has 0 atom stereocenters. The molecule has 1 aliphatic heterocycles. The van der Waals surface area contributed by atoms with Crippen LogP contribution in [0, 0.1) is 12.3 Å². The van der Waals surface area contributed by atoms with Crippen molar-refractivity contribution >= 4 is 34.9 Å². The van der Waals surface area contributed by atoms with Crippen molar-refractivity contribution in [3.63, 3.8) is 0 Å². The maximum atomic E-state index is 13.4. The quantitative estimate of drug-likeness (QED) is 0.440. The first-order chi connectivity index (χ1) is 13.9. The third-order valence-corrected chi connectivity index (χ3v) is 5.98. The molecule has 3 rings (SSSR count). The number of allylic oxidation sites excluding steroid dienone is 2. The van der Waals surface area contributed by atoms with Crippen molar-refractivity contribution in [2.45, 2.75) is 26.3 Å². The average molecular weight is 429 g/mol. The number of nitrogens with zero attached hydrogens (tertiary/aromatic N) is 2. The number of hydrogen-bond acceptors (Lipinski definition) is 1. The fourth-order valence-electron chi connectivity index (χ4n) is 3.96. The van der Waals surface area contributed by atoms with Gasteiger partial charge in [0, 0.05) is 40.8 Å². The smallest absolute Gasteiger partial charge is 0.319 e. The summed E-state index contributed by atoms with van der Waals surface area (Å²) >= 11 is 12.4. The Morgan fingerprint density at radius 1 is 1.03 bits per heavy atom. The van der Waals surface area contributed by atoms with E-state index in [2.05, 4.69) is 13.2 Å². The number of halogens is 2. The van der Waals surface area contributed by atoms with Crippen LogP contribution in [0.2, 0.25) is 10.0 Å². The molecule has 2 aromatic rings. The number of amides is 2. The van der Waals surface area contributed by atoms with Crippen LogP contribution >= 0.6 is 23.2 Å². The maximum absolute atomic E-state index is 13.4. The highest BCUT2D eigenvalue weighted by molar-refractivity contribution is 6.35. The second-order valence-corrected chi connectivity index (χ2v) is 8.63. The van der Waals surface area contributed by atoms with Gasteiger partial charge >= 0.3 is 6.03 Å². The number of anilines is 1. The lowest BCUT2D eigenvalue weighted by molar-refractivity contribution is 0.129. The van der Waals surface area contributed by atoms with Crippen molar-refractivity contribution in [3.8, 4) is 0 Å². The minimum Gasteiger partial charge on any atom is -0.319 e. The molecular weight excluding hydrogens is 403 g/mol. The monoisotopic (exact) mass is 428 g/mol. The van der Waals surface area contributed by atoms with Gasteiger partial charge in [0.1, 0.15) is 0 Å². The van der Waals surface area contributed by atoms with Gasteiger partial charge in [-0.2, -0.15) is 0 Å². The first-order valence-electron chi connectivity index (χ1n) is 9.66. The molecule has 3 nitrogen and oxygen atoms in total. The Bertz CT molecular complexity index is 898. The summed E-state index contributed by atoms with van der Waals surface area (Å²) in [5.41, 5.74) is 2.78. The van der Waals surface area contributed by atoms with Gasteiger partial charge in [0.05, 0.1) is 0 Å². The zero-order valence-corrected chi connectivity index (χ0v) is 18.2. The molecule has 1 fully saturated rings. The number of aryl methyl sites for hydroxylation is 1. The van der Waals surface area contributed by atoms with E-state index in [1.165, 1.54) is 0 Å². The zero-order chi connectivity index (χ0) is 21.0. The van der Waals surface area contributed by atoms with Crippen LogP contribution in [0.4, 0.5) is 10.5 Å². The molecule has 5 heteroatoms. The van der Waals surface area contributed by atoms with Crippen molar-refractivity contribution in [3.05, 3.63) is 88.9 Å². The molecule has 2 aromatic carbocycles. The summed E-state index contributed by atoms with van der Waals surface area (Å²) in [6.07, 6.45) is 5.44. The Morgan fingerprint density at radius 2 is 1.69 bits per heavy atom. The Morgan fingerprint density at radius 3 is 2.28 bits per heavy atom. The topological polar surface area (TPSA) is 23.6 Å².